The fraction of sp³-hybridized carbons (Fsp3) is 0.423. The van der Waals surface area contributed by atoms with E-state index in [2.05, 4.69) is 15.2 Å². The fourth-order valence-corrected chi connectivity index (χ4v) is 5.16. The Bertz CT molecular complexity index is 1270. The molecule has 1 spiro atoms. The Labute approximate surface area is 215 Å². The van der Waals surface area contributed by atoms with Gasteiger partial charge in [0.05, 0.1) is 37.7 Å². The molecule has 0 saturated carbocycles. The van der Waals surface area contributed by atoms with Crippen molar-refractivity contribution < 1.29 is 19.1 Å². The number of amides is 3. The maximum Gasteiger partial charge on any atom is 0.409 e. The zero-order valence-electron chi connectivity index (χ0n) is 21.3. The number of likely N-dealkylation sites (tertiary alicyclic amines) is 1. The van der Waals surface area contributed by atoms with Gasteiger partial charge in [-0.05, 0) is 44.4 Å². The van der Waals surface area contributed by atoms with Gasteiger partial charge in [-0.2, -0.15) is 5.10 Å². The van der Waals surface area contributed by atoms with Crippen molar-refractivity contribution in [2.45, 2.75) is 38.8 Å². The Kier molecular flexibility index (Phi) is 6.68. The molecule has 0 unspecified atom stereocenters. The van der Waals surface area contributed by atoms with Gasteiger partial charge in [0.1, 0.15) is 5.75 Å². The van der Waals surface area contributed by atoms with Crippen molar-refractivity contribution in [1.82, 2.24) is 30.0 Å². The van der Waals surface area contributed by atoms with Gasteiger partial charge in [0.2, 0.25) is 5.95 Å². The number of nitrogens with one attached hydrogen (secondary N) is 1. The van der Waals surface area contributed by atoms with Crippen LogP contribution < -0.4 is 9.64 Å². The van der Waals surface area contributed by atoms with E-state index < -0.39 is 5.54 Å². The Morgan fingerprint density at radius 1 is 1.22 bits per heavy atom. The van der Waals surface area contributed by atoms with Gasteiger partial charge in [-0.1, -0.05) is 12.1 Å². The lowest BCUT2D eigenvalue weighted by Crippen LogP contribution is -2.55. The van der Waals surface area contributed by atoms with E-state index in [-0.39, 0.29) is 12.1 Å². The minimum absolute atomic E-state index is 0.150. The molecule has 0 aliphatic carbocycles. The highest BCUT2D eigenvalue weighted by Gasteiger charge is 2.52. The largest absolute Gasteiger partial charge is 0.497 e. The lowest BCUT2D eigenvalue weighted by atomic mass is 9.86. The number of carbonyl (C=O) groups excluding carboxylic acids is 2. The minimum atomic E-state index is -0.469. The number of rotatable bonds is 6. The van der Waals surface area contributed by atoms with E-state index in [4.69, 9.17) is 14.5 Å². The Morgan fingerprint density at radius 2 is 2.03 bits per heavy atom. The molecule has 0 atom stereocenters. The summed E-state index contributed by atoms with van der Waals surface area (Å²) in [5, 5.41) is 6.81. The van der Waals surface area contributed by atoms with Crippen LogP contribution in [-0.2, 0) is 11.3 Å². The fourth-order valence-electron chi connectivity index (χ4n) is 5.16. The van der Waals surface area contributed by atoms with E-state index >= 15 is 0 Å². The van der Waals surface area contributed by atoms with Crippen LogP contribution in [-0.4, -0.2) is 81.0 Å². The summed E-state index contributed by atoms with van der Waals surface area (Å²) in [4.78, 5) is 40.8. The number of hydrogen-bond acceptors (Lipinski definition) is 7. The topological polar surface area (TPSA) is 117 Å². The van der Waals surface area contributed by atoms with Crippen molar-refractivity contribution in [3.63, 3.8) is 0 Å². The van der Waals surface area contributed by atoms with E-state index in [0.29, 0.717) is 51.6 Å². The van der Waals surface area contributed by atoms with Crippen molar-refractivity contribution in [3.05, 3.63) is 54.1 Å². The standard InChI is InChI=1S/C26H31N7O4/c1-4-37-25(35)31-10-8-26(9-11-31)17-32(23-27-15-22(18(2)30-23)20-13-28-29-14-20)24(34)33(26)16-19-6-5-7-21(12-19)36-3/h5-7,12-15H,4,8-11,16-17H2,1-3H3,(H,28,29). The predicted molar refractivity (Wildman–Crippen MR) is 136 cm³/mol. The summed E-state index contributed by atoms with van der Waals surface area (Å²) in [5.41, 5.74) is 3.00. The monoisotopic (exact) mass is 505 g/mol. The van der Waals surface area contributed by atoms with Crippen LogP contribution in [0.1, 0.15) is 31.0 Å². The number of H-pyrrole nitrogens is 1. The number of ether oxygens (including phenoxy) is 2. The summed E-state index contributed by atoms with van der Waals surface area (Å²) in [7, 11) is 1.63. The third kappa shape index (κ3) is 4.68. The molecule has 11 nitrogen and oxygen atoms in total. The zero-order chi connectivity index (χ0) is 26.0. The molecule has 0 bridgehead atoms. The van der Waals surface area contributed by atoms with E-state index in [1.54, 1.807) is 42.4 Å². The lowest BCUT2D eigenvalue weighted by molar-refractivity contribution is 0.0553. The summed E-state index contributed by atoms with van der Waals surface area (Å²) in [6, 6.07) is 7.58. The first-order chi connectivity index (χ1) is 17.9. The molecule has 0 radical (unpaired) electrons. The molecule has 11 heteroatoms. The Hall–Kier alpha value is -4.15. The number of methoxy groups -OCH3 is 1. The number of piperidine rings is 1. The Morgan fingerprint density at radius 3 is 2.70 bits per heavy atom. The number of benzene rings is 1. The molecular weight excluding hydrogens is 474 g/mol. The highest BCUT2D eigenvalue weighted by molar-refractivity contribution is 5.94. The summed E-state index contributed by atoms with van der Waals surface area (Å²) >= 11 is 0. The van der Waals surface area contributed by atoms with Gasteiger partial charge in [-0.3, -0.25) is 10.00 Å². The molecule has 4 heterocycles. The van der Waals surface area contributed by atoms with E-state index in [1.807, 2.05) is 36.1 Å². The summed E-state index contributed by atoms with van der Waals surface area (Å²) in [6.45, 7) is 5.90. The van der Waals surface area contributed by atoms with Gasteiger partial charge in [-0.15, -0.1) is 0 Å². The van der Waals surface area contributed by atoms with Crippen LogP contribution in [0.3, 0.4) is 0 Å². The highest BCUT2D eigenvalue weighted by Crippen LogP contribution is 2.39. The van der Waals surface area contributed by atoms with Crippen molar-refractivity contribution in [3.8, 4) is 16.9 Å². The number of nitrogens with zero attached hydrogens (tertiary/aromatic N) is 6. The smallest absolute Gasteiger partial charge is 0.409 e. The Balaban J connectivity index is 1.44. The van der Waals surface area contributed by atoms with Crippen molar-refractivity contribution in [2.75, 3.05) is 38.3 Å². The molecule has 2 saturated heterocycles. The average molecular weight is 506 g/mol. The third-order valence-corrected chi connectivity index (χ3v) is 7.20. The molecule has 1 aromatic carbocycles. The zero-order valence-corrected chi connectivity index (χ0v) is 21.3. The molecule has 3 aromatic rings. The normalized spacial score (nSPS) is 16.9. The first kappa shape index (κ1) is 24.5. The molecular formula is C26H31N7O4. The van der Waals surface area contributed by atoms with Crippen LogP contribution in [0.5, 0.6) is 5.75 Å². The van der Waals surface area contributed by atoms with Gasteiger partial charge in [-0.25, -0.2) is 19.6 Å². The van der Waals surface area contributed by atoms with Crippen LogP contribution in [0, 0.1) is 6.92 Å². The van der Waals surface area contributed by atoms with Gasteiger partial charge in [0, 0.05) is 43.2 Å². The molecule has 2 aliphatic heterocycles. The quantitative estimate of drug-likeness (QED) is 0.544. The van der Waals surface area contributed by atoms with Crippen molar-refractivity contribution in [2.24, 2.45) is 0 Å². The molecule has 2 aromatic heterocycles. The summed E-state index contributed by atoms with van der Waals surface area (Å²) < 4.78 is 10.6. The van der Waals surface area contributed by atoms with Gasteiger partial charge >= 0.3 is 12.1 Å². The van der Waals surface area contributed by atoms with E-state index in [1.165, 1.54) is 0 Å². The SMILES string of the molecule is CCOC(=O)N1CCC2(CC1)CN(c1ncc(-c3cn[nH]c3)c(C)n1)C(=O)N2Cc1cccc(OC)c1. The molecule has 2 aliphatic rings. The lowest BCUT2D eigenvalue weighted by Gasteiger charge is -2.43. The maximum absolute atomic E-state index is 13.9. The predicted octanol–water partition coefficient (Wildman–Crippen LogP) is 3.62. The summed E-state index contributed by atoms with van der Waals surface area (Å²) in [6.07, 6.45) is 6.18. The van der Waals surface area contributed by atoms with Crippen LogP contribution in [0.2, 0.25) is 0 Å². The highest BCUT2D eigenvalue weighted by atomic mass is 16.6. The number of hydrogen-bond donors (Lipinski definition) is 1. The molecule has 2 fully saturated rings. The molecule has 1 N–H and O–H groups in total. The molecule has 194 valence electrons. The second kappa shape index (κ2) is 10.1. The average Bonchev–Trinajstić information content (AvgIpc) is 3.53. The maximum atomic E-state index is 13.9. The number of aryl methyl sites for hydroxylation is 1. The van der Waals surface area contributed by atoms with E-state index in [0.717, 1.165) is 28.1 Å². The number of carbonyl (C=O) groups is 2. The van der Waals surface area contributed by atoms with Crippen LogP contribution in [0.4, 0.5) is 15.5 Å². The second-order valence-corrected chi connectivity index (χ2v) is 9.37. The van der Waals surface area contributed by atoms with Crippen molar-refractivity contribution in [1.29, 1.82) is 0 Å². The number of aromatic amines is 1. The van der Waals surface area contributed by atoms with Crippen molar-refractivity contribution >= 4 is 18.1 Å². The first-order valence-corrected chi connectivity index (χ1v) is 12.4. The minimum Gasteiger partial charge on any atom is -0.497 e. The van der Waals surface area contributed by atoms with Gasteiger partial charge in [0.15, 0.2) is 0 Å². The molecule has 5 rings (SSSR count). The molecule has 37 heavy (non-hydrogen) atoms. The van der Waals surface area contributed by atoms with Crippen LogP contribution in [0.15, 0.2) is 42.9 Å². The van der Waals surface area contributed by atoms with Crippen LogP contribution >= 0.6 is 0 Å². The first-order valence-electron chi connectivity index (χ1n) is 12.4. The van der Waals surface area contributed by atoms with Gasteiger partial charge in [0.25, 0.3) is 0 Å². The van der Waals surface area contributed by atoms with Gasteiger partial charge < -0.3 is 19.3 Å². The van der Waals surface area contributed by atoms with Crippen LogP contribution in [0.25, 0.3) is 11.1 Å². The number of urea groups is 1. The number of anilines is 1. The molecule has 3 amide bonds. The van der Waals surface area contributed by atoms with E-state index in [9.17, 15) is 9.59 Å². The second-order valence-electron chi connectivity index (χ2n) is 9.37. The number of aromatic nitrogens is 4. The third-order valence-electron chi connectivity index (χ3n) is 7.20. The summed E-state index contributed by atoms with van der Waals surface area (Å²) in [5.74, 6) is 1.11.